The second-order valence-electron chi connectivity index (χ2n) is 4.34. The maximum Gasteiger partial charge on any atom is 0.309 e. The van der Waals surface area contributed by atoms with Crippen LogP contribution in [0.3, 0.4) is 0 Å². The van der Waals surface area contributed by atoms with Crippen LogP contribution in [0.25, 0.3) is 0 Å². The van der Waals surface area contributed by atoms with Gasteiger partial charge in [-0.15, -0.1) is 0 Å². The second-order valence-corrected chi connectivity index (χ2v) is 4.34. The summed E-state index contributed by atoms with van der Waals surface area (Å²) in [5, 5.41) is 0. The Hall–Kier alpha value is -1.16. The summed E-state index contributed by atoms with van der Waals surface area (Å²) in [4.78, 5) is 23.1. The molecule has 0 aromatic rings. The Morgan fingerprint density at radius 3 is 2.38 bits per heavy atom. The van der Waals surface area contributed by atoms with Gasteiger partial charge < -0.3 is 10.5 Å². The first-order valence-electron chi connectivity index (χ1n) is 5.53. The van der Waals surface area contributed by atoms with E-state index < -0.39 is 5.92 Å². The van der Waals surface area contributed by atoms with E-state index in [1.54, 1.807) is 6.92 Å². The van der Waals surface area contributed by atoms with E-state index in [0.717, 1.165) is 0 Å². The zero-order valence-electron chi connectivity index (χ0n) is 10.4. The molecular weight excluding hydrogens is 206 g/mol. The largest absolute Gasteiger partial charge is 0.461 e. The molecule has 0 aromatic heterocycles. The topological polar surface area (TPSA) is 71.0 Å². The SMILES string of the molecule is C=CCOC(=O)[C@H](C)CC(=O)[C@@H]([NH3+])C(C)C. The number of rotatable bonds is 7. The maximum atomic E-state index is 11.7. The molecule has 16 heavy (non-hydrogen) atoms. The molecule has 0 rings (SSSR count). The molecule has 4 heteroatoms. The quantitative estimate of drug-likeness (QED) is 0.511. The van der Waals surface area contributed by atoms with Crippen molar-refractivity contribution in [1.82, 2.24) is 0 Å². The molecule has 4 nitrogen and oxygen atoms in total. The van der Waals surface area contributed by atoms with Crippen LogP contribution in [0.5, 0.6) is 0 Å². The molecule has 0 amide bonds. The molecule has 0 saturated carbocycles. The van der Waals surface area contributed by atoms with Gasteiger partial charge in [-0.3, -0.25) is 9.59 Å². The minimum atomic E-state index is -0.407. The summed E-state index contributed by atoms with van der Waals surface area (Å²) in [5.41, 5.74) is 3.79. The van der Waals surface area contributed by atoms with Gasteiger partial charge in [-0.05, 0) is 0 Å². The maximum absolute atomic E-state index is 11.7. The van der Waals surface area contributed by atoms with Crippen LogP contribution in [-0.2, 0) is 14.3 Å². The molecule has 0 bridgehead atoms. The monoisotopic (exact) mass is 228 g/mol. The van der Waals surface area contributed by atoms with Gasteiger partial charge in [0.15, 0.2) is 5.78 Å². The third-order valence-electron chi connectivity index (χ3n) is 2.47. The fourth-order valence-electron chi connectivity index (χ4n) is 1.19. The van der Waals surface area contributed by atoms with Gasteiger partial charge in [0.25, 0.3) is 0 Å². The summed E-state index contributed by atoms with van der Waals surface area (Å²) >= 11 is 0. The highest BCUT2D eigenvalue weighted by atomic mass is 16.5. The van der Waals surface area contributed by atoms with Crippen molar-refractivity contribution in [1.29, 1.82) is 0 Å². The lowest BCUT2D eigenvalue weighted by molar-refractivity contribution is -0.413. The molecule has 0 aliphatic heterocycles. The Kier molecular flexibility index (Phi) is 6.65. The molecule has 0 aliphatic carbocycles. The minimum absolute atomic E-state index is 0.0121. The van der Waals surface area contributed by atoms with Crippen LogP contribution in [0, 0.1) is 11.8 Å². The van der Waals surface area contributed by atoms with Crippen LogP contribution in [0.1, 0.15) is 27.2 Å². The van der Waals surface area contributed by atoms with Crippen molar-refractivity contribution >= 4 is 11.8 Å². The molecule has 0 spiro atoms. The molecule has 0 radical (unpaired) electrons. The number of quaternary nitrogens is 1. The van der Waals surface area contributed by atoms with E-state index in [9.17, 15) is 9.59 Å². The van der Waals surface area contributed by atoms with Crippen molar-refractivity contribution in [2.75, 3.05) is 6.61 Å². The van der Waals surface area contributed by atoms with Crippen molar-refractivity contribution < 1.29 is 20.1 Å². The van der Waals surface area contributed by atoms with Gasteiger partial charge in [-0.25, -0.2) is 0 Å². The van der Waals surface area contributed by atoms with Gasteiger partial charge in [0.2, 0.25) is 0 Å². The Labute approximate surface area is 96.8 Å². The molecular formula is C12H22NO3+. The molecule has 0 aliphatic rings. The lowest BCUT2D eigenvalue weighted by atomic mass is 9.94. The number of esters is 1. The van der Waals surface area contributed by atoms with Gasteiger partial charge in [0, 0.05) is 12.3 Å². The van der Waals surface area contributed by atoms with Crippen molar-refractivity contribution in [2.24, 2.45) is 11.8 Å². The predicted octanol–water partition coefficient (Wildman–Crippen LogP) is 0.577. The zero-order valence-corrected chi connectivity index (χ0v) is 10.4. The smallest absolute Gasteiger partial charge is 0.309 e. The van der Waals surface area contributed by atoms with Gasteiger partial charge >= 0.3 is 5.97 Å². The van der Waals surface area contributed by atoms with Crippen LogP contribution in [-0.4, -0.2) is 24.4 Å². The van der Waals surface area contributed by atoms with Gasteiger partial charge in [-0.2, -0.15) is 0 Å². The van der Waals surface area contributed by atoms with Gasteiger partial charge in [-0.1, -0.05) is 33.4 Å². The number of Topliss-reactive ketones (excluding diaryl/α,β-unsaturated/α-hetero) is 1. The van der Waals surface area contributed by atoms with Crippen molar-refractivity contribution in [2.45, 2.75) is 33.2 Å². The van der Waals surface area contributed by atoms with Crippen LogP contribution in [0.2, 0.25) is 0 Å². The molecule has 3 N–H and O–H groups in total. The first-order valence-corrected chi connectivity index (χ1v) is 5.53. The Bertz CT molecular complexity index is 261. The average molecular weight is 228 g/mol. The molecule has 92 valence electrons. The van der Waals surface area contributed by atoms with E-state index in [2.05, 4.69) is 12.3 Å². The number of ether oxygens (including phenoxy) is 1. The minimum Gasteiger partial charge on any atom is -0.461 e. The van der Waals surface area contributed by atoms with Crippen molar-refractivity contribution in [3.63, 3.8) is 0 Å². The molecule has 0 unspecified atom stereocenters. The van der Waals surface area contributed by atoms with E-state index in [1.807, 2.05) is 13.8 Å². The van der Waals surface area contributed by atoms with Crippen LogP contribution >= 0.6 is 0 Å². The Morgan fingerprint density at radius 1 is 1.38 bits per heavy atom. The zero-order chi connectivity index (χ0) is 12.7. The number of hydrogen-bond acceptors (Lipinski definition) is 3. The lowest BCUT2D eigenvalue weighted by Gasteiger charge is -2.14. The highest BCUT2D eigenvalue weighted by Crippen LogP contribution is 2.09. The highest BCUT2D eigenvalue weighted by Gasteiger charge is 2.26. The standard InChI is InChI=1S/C12H21NO3/c1-5-6-16-12(15)9(4)7-10(14)11(13)8(2)3/h5,8-9,11H,1,6-7,13H2,2-4H3/p+1/t9-,11+/m1/s1. The van der Waals surface area contributed by atoms with E-state index in [1.165, 1.54) is 6.08 Å². The van der Waals surface area contributed by atoms with Crippen molar-refractivity contribution in [3.05, 3.63) is 12.7 Å². The molecule has 0 saturated heterocycles. The first-order chi connectivity index (χ1) is 7.40. The summed E-state index contributed by atoms with van der Waals surface area (Å²) in [6.07, 6.45) is 1.70. The third-order valence-corrected chi connectivity index (χ3v) is 2.47. The molecule has 0 fully saturated rings. The Morgan fingerprint density at radius 2 is 1.94 bits per heavy atom. The van der Waals surface area contributed by atoms with Crippen LogP contribution in [0.15, 0.2) is 12.7 Å². The highest BCUT2D eigenvalue weighted by molar-refractivity contribution is 5.87. The van der Waals surface area contributed by atoms with E-state index in [-0.39, 0.29) is 36.7 Å². The van der Waals surface area contributed by atoms with E-state index >= 15 is 0 Å². The molecule has 2 atom stereocenters. The third kappa shape index (κ3) is 5.07. The molecule has 0 aromatic carbocycles. The number of ketones is 1. The van der Waals surface area contributed by atoms with Gasteiger partial charge in [0.1, 0.15) is 12.6 Å². The fraction of sp³-hybridized carbons (Fsp3) is 0.667. The van der Waals surface area contributed by atoms with Crippen LogP contribution in [0.4, 0.5) is 0 Å². The number of carbonyl (C=O) groups excluding carboxylic acids is 2. The second kappa shape index (κ2) is 7.17. The van der Waals surface area contributed by atoms with Crippen LogP contribution < -0.4 is 5.73 Å². The summed E-state index contributed by atoms with van der Waals surface area (Å²) in [6, 6.07) is -0.255. The van der Waals surface area contributed by atoms with Crippen molar-refractivity contribution in [3.8, 4) is 0 Å². The lowest BCUT2D eigenvalue weighted by Crippen LogP contribution is -2.67. The molecule has 0 heterocycles. The fourth-order valence-corrected chi connectivity index (χ4v) is 1.19. The normalized spacial score (nSPS) is 14.3. The number of carbonyl (C=O) groups is 2. The Balaban J connectivity index is 4.13. The van der Waals surface area contributed by atoms with Gasteiger partial charge in [0.05, 0.1) is 5.92 Å². The predicted molar refractivity (Wildman–Crippen MR) is 61.5 cm³/mol. The van der Waals surface area contributed by atoms with E-state index in [0.29, 0.717) is 0 Å². The summed E-state index contributed by atoms with van der Waals surface area (Å²) < 4.78 is 4.86. The van der Waals surface area contributed by atoms with E-state index in [4.69, 9.17) is 4.74 Å². The number of hydrogen-bond donors (Lipinski definition) is 1. The summed E-state index contributed by atoms with van der Waals surface area (Å²) in [7, 11) is 0. The first kappa shape index (κ1) is 14.8. The average Bonchev–Trinajstić information content (AvgIpc) is 2.24. The summed E-state index contributed by atoms with van der Waals surface area (Å²) in [6.45, 7) is 9.21. The summed E-state index contributed by atoms with van der Waals surface area (Å²) in [5.74, 6) is -0.554.